The van der Waals surface area contributed by atoms with Crippen molar-refractivity contribution in [1.82, 2.24) is 10.0 Å². The quantitative estimate of drug-likeness (QED) is 0.476. The summed E-state index contributed by atoms with van der Waals surface area (Å²) >= 11 is 0. The van der Waals surface area contributed by atoms with E-state index in [1.807, 2.05) is 13.8 Å². The molecule has 6 heteroatoms. The molecular weight excluding hydrogens is 204 g/mol. The molecule has 0 aliphatic heterocycles. The third-order valence-electron chi connectivity index (χ3n) is 1.58. The van der Waals surface area contributed by atoms with Crippen molar-refractivity contribution in [3.8, 4) is 0 Å². The minimum absolute atomic E-state index is 0.00671. The van der Waals surface area contributed by atoms with Crippen LogP contribution in [0.1, 0.15) is 20.3 Å². The Hall–Kier alpha value is -0.170. The fourth-order valence-electron chi connectivity index (χ4n) is 0.861. The van der Waals surface area contributed by atoms with Crippen molar-refractivity contribution in [3.05, 3.63) is 0 Å². The molecule has 0 unspecified atom stereocenters. The van der Waals surface area contributed by atoms with E-state index in [0.717, 1.165) is 0 Å². The highest BCUT2D eigenvalue weighted by molar-refractivity contribution is 7.89. The molecule has 86 valence electrons. The Balaban J connectivity index is 3.62. The maximum absolute atomic E-state index is 11.3. The molecule has 14 heavy (non-hydrogen) atoms. The van der Waals surface area contributed by atoms with Gasteiger partial charge in [-0.3, -0.25) is 0 Å². The molecule has 0 rings (SSSR count). The van der Waals surface area contributed by atoms with Crippen LogP contribution in [-0.4, -0.2) is 45.0 Å². The van der Waals surface area contributed by atoms with Gasteiger partial charge in [0, 0.05) is 25.7 Å². The molecule has 0 amide bonds. The van der Waals surface area contributed by atoms with Gasteiger partial charge in [-0.2, -0.15) is 0 Å². The van der Waals surface area contributed by atoms with Crippen LogP contribution < -0.4 is 10.0 Å². The highest BCUT2D eigenvalue weighted by Gasteiger charge is 2.08. The highest BCUT2D eigenvalue weighted by atomic mass is 32.2. The molecule has 0 spiro atoms. The number of aliphatic hydroxyl groups is 1. The second kappa shape index (κ2) is 7.17. The lowest BCUT2D eigenvalue weighted by atomic mass is 10.4. The van der Waals surface area contributed by atoms with Gasteiger partial charge >= 0.3 is 0 Å². The van der Waals surface area contributed by atoms with Crippen LogP contribution in [0.15, 0.2) is 0 Å². The van der Waals surface area contributed by atoms with E-state index in [4.69, 9.17) is 5.11 Å². The van der Waals surface area contributed by atoms with Gasteiger partial charge in [0.05, 0.1) is 5.75 Å². The molecule has 0 saturated heterocycles. The van der Waals surface area contributed by atoms with Gasteiger partial charge in [-0.05, 0) is 6.42 Å². The Labute approximate surface area is 85.9 Å². The van der Waals surface area contributed by atoms with Crippen LogP contribution in [0.5, 0.6) is 0 Å². The fourth-order valence-corrected chi connectivity index (χ4v) is 1.85. The lowest BCUT2D eigenvalue weighted by Crippen LogP contribution is -2.34. The molecule has 0 aliphatic rings. The van der Waals surface area contributed by atoms with Gasteiger partial charge in [-0.25, -0.2) is 13.1 Å². The summed E-state index contributed by atoms with van der Waals surface area (Å²) in [4.78, 5) is 0. The Morgan fingerprint density at radius 2 is 1.93 bits per heavy atom. The lowest BCUT2D eigenvalue weighted by molar-refractivity contribution is 0.289. The van der Waals surface area contributed by atoms with Crippen LogP contribution >= 0.6 is 0 Å². The van der Waals surface area contributed by atoms with Gasteiger partial charge in [0.25, 0.3) is 0 Å². The zero-order chi connectivity index (χ0) is 11.0. The summed E-state index contributed by atoms with van der Waals surface area (Å²) in [6.45, 7) is 4.69. The third-order valence-corrected chi connectivity index (χ3v) is 2.97. The summed E-state index contributed by atoms with van der Waals surface area (Å²) < 4.78 is 24.9. The summed E-state index contributed by atoms with van der Waals surface area (Å²) in [7, 11) is -3.17. The molecule has 3 N–H and O–H groups in total. The highest BCUT2D eigenvalue weighted by Crippen LogP contribution is 1.85. The molecule has 0 aromatic heterocycles. The van der Waals surface area contributed by atoms with Crippen molar-refractivity contribution in [3.63, 3.8) is 0 Å². The second-order valence-electron chi connectivity index (χ2n) is 3.40. The SMILES string of the molecule is CC(C)NCCS(=O)(=O)NCCCO. The first-order valence-corrected chi connectivity index (χ1v) is 6.45. The maximum atomic E-state index is 11.3. The molecule has 0 saturated carbocycles. The molecular formula is C8H20N2O3S. The van der Waals surface area contributed by atoms with Crippen molar-refractivity contribution in [2.75, 3.05) is 25.4 Å². The van der Waals surface area contributed by atoms with Crippen LogP contribution in [-0.2, 0) is 10.0 Å². The monoisotopic (exact) mass is 224 g/mol. The van der Waals surface area contributed by atoms with Gasteiger partial charge < -0.3 is 10.4 Å². The first kappa shape index (κ1) is 13.8. The summed E-state index contributed by atoms with van der Waals surface area (Å²) in [5.41, 5.74) is 0. The normalized spacial score (nSPS) is 12.3. The van der Waals surface area contributed by atoms with Crippen molar-refractivity contribution >= 4 is 10.0 Å². The van der Waals surface area contributed by atoms with E-state index in [9.17, 15) is 8.42 Å². The molecule has 0 aromatic rings. The average molecular weight is 224 g/mol. The molecule has 5 nitrogen and oxygen atoms in total. The first-order valence-electron chi connectivity index (χ1n) is 4.79. The molecule has 0 fully saturated rings. The first-order chi connectivity index (χ1) is 6.48. The van der Waals surface area contributed by atoms with Gasteiger partial charge in [-0.15, -0.1) is 0 Å². The molecule has 0 aromatic carbocycles. The van der Waals surface area contributed by atoms with Crippen LogP contribution in [0.4, 0.5) is 0 Å². The molecule has 0 aliphatic carbocycles. The number of hydrogen-bond acceptors (Lipinski definition) is 4. The van der Waals surface area contributed by atoms with E-state index in [0.29, 0.717) is 25.6 Å². The van der Waals surface area contributed by atoms with Crippen molar-refractivity contribution < 1.29 is 13.5 Å². The van der Waals surface area contributed by atoms with Crippen LogP contribution in [0, 0.1) is 0 Å². The van der Waals surface area contributed by atoms with Gasteiger partial charge in [0.15, 0.2) is 0 Å². The zero-order valence-corrected chi connectivity index (χ0v) is 9.60. The maximum Gasteiger partial charge on any atom is 0.212 e. The van der Waals surface area contributed by atoms with E-state index in [2.05, 4.69) is 10.0 Å². The zero-order valence-electron chi connectivity index (χ0n) is 8.78. The van der Waals surface area contributed by atoms with Crippen molar-refractivity contribution in [2.24, 2.45) is 0 Å². The Morgan fingerprint density at radius 3 is 2.43 bits per heavy atom. The predicted octanol–water partition coefficient (Wildman–Crippen LogP) is -0.714. The third kappa shape index (κ3) is 8.43. The minimum atomic E-state index is -3.17. The van der Waals surface area contributed by atoms with Gasteiger partial charge in [-0.1, -0.05) is 13.8 Å². The Kier molecular flexibility index (Phi) is 7.08. The Morgan fingerprint density at radius 1 is 1.29 bits per heavy atom. The molecule has 0 heterocycles. The number of nitrogens with one attached hydrogen (secondary N) is 2. The van der Waals surface area contributed by atoms with E-state index in [-0.39, 0.29) is 12.4 Å². The predicted molar refractivity (Wildman–Crippen MR) is 56.6 cm³/mol. The van der Waals surface area contributed by atoms with E-state index in [1.165, 1.54) is 0 Å². The smallest absolute Gasteiger partial charge is 0.212 e. The van der Waals surface area contributed by atoms with Crippen LogP contribution in [0.3, 0.4) is 0 Å². The Bertz CT molecular complexity index is 227. The number of hydrogen-bond donors (Lipinski definition) is 3. The fraction of sp³-hybridized carbons (Fsp3) is 1.00. The summed E-state index contributed by atoms with van der Waals surface area (Å²) in [5.74, 6) is 0.0800. The number of aliphatic hydroxyl groups excluding tert-OH is 1. The molecule has 0 radical (unpaired) electrons. The topological polar surface area (TPSA) is 78.4 Å². The number of sulfonamides is 1. The van der Waals surface area contributed by atoms with Crippen molar-refractivity contribution in [2.45, 2.75) is 26.3 Å². The standard InChI is InChI=1S/C8H20N2O3S/c1-8(2)9-5-7-14(12,13)10-4-3-6-11/h8-11H,3-7H2,1-2H3. The number of rotatable bonds is 8. The van der Waals surface area contributed by atoms with E-state index in [1.54, 1.807) is 0 Å². The van der Waals surface area contributed by atoms with Gasteiger partial charge in [0.1, 0.15) is 0 Å². The summed E-state index contributed by atoms with van der Waals surface area (Å²) in [6.07, 6.45) is 0.455. The van der Waals surface area contributed by atoms with E-state index < -0.39 is 10.0 Å². The lowest BCUT2D eigenvalue weighted by Gasteiger charge is -2.09. The summed E-state index contributed by atoms with van der Waals surface area (Å²) in [5, 5.41) is 11.5. The second-order valence-corrected chi connectivity index (χ2v) is 5.33. The molecule has 0 bridgehead atoms. The van der Waals surface area contributed by atoms with Gasteiger partial charge in [0.2, 0.25) is 10.0 Å². The molecule has 0 atom stereocenters. The van der Waals surface area contributed by atoms with Crippen molar-refractivity contribution in [1.29, 1.82) is 0 Å². The average Bonchev–Trinajstić information content (AvgIpc) is 2.03. The largest absolute Gasteiger partial charge is 0.396 e. The van der Waals surface area contributed by atoms with Crippen LogP contribution in [0.2, 0.25) is 0 Å². The minimum Gasteiger partial charge on any atom is -0.396 e. The van der Waals surface area contributed by atoms with Crippen LogP contribution in [0.25, 0.3) is 0 Å². The van der Waals surface area contributed by atoms with E-state index >= 15 is 0 Å². The summed E-state index contributed by atoms with van der Waals surface area (Å²) in [6, 6.07) is 0.294.